The minimum atomic E-state index is -0.692. The second-order valence-electron chi connectivity index (χ2n) is 5.10. The highest BCUT2D eigenvalue weighted by atomic mass is 16.5. The minimum absolute atomic E-state index is 0.133. The standard InChI is InChI=1S/C16H22N2O3/c1-4-11(2)15(19)10-18-16(20)12(3)21-14-7-5-6-13(8-14)9-17/h5-8,11-12,15,19H,4,10H2,1-3H3,(H,18,20). The van der Waals surface area contributed by atoms with Crippen molar-refractivity contribution < 1.29 is 14.6 Å². The number of nitrogens with one attached hydrogen (secondary N) is 1. The molecule has 0 spiro atoms. The lowest BCUT2D eigenvalue weighted by Gasteiger charge is -2.19. The molecule has 0 radical (unpaired) electrons. The molecule has 0 aliphatic heterocycles. The van der Waals surface area contributed by atoms with Gasteiger partial charge in [-0.2, -0.15) is 5.26 Å². The number of ether oxygens (including phenoxy) is 1. The smallest absolute Gasteiger partial charge is 0.260 e. The quantitative estimate of drug-likeness (QED) is 0.803. The normalized spacial score (nSPS) is 14.6. The van der Waals surface area contributed by atoms with Crippen molar-refractivity contribution in [2.75, 3.05) is 6.54 Å². The van der Waals surface area contributed by atoms with Gasteiger partial charge in [-0.25, -0.2) is 0 Å². The highest BCUT2D eigenvalue weighted by molar-refractivity contribution is 5.80. The molecule has 21 heavy (non-hydrogen) atoms. The first-order valence-electron chi connectivity index (χ1n) is 7.10. The molecule has 1 aromatic carbocycles. The zero-order valence-electron chi connectivity index (χ0n) is 12.7. The van der Waals surface area contributed by atoms with Crippen molar-refractivity contribution in [1.82, 2.24) is 5.32 Å². The molecule has 0 heterocycles. The zero-order valence-corrected chi connectivity index (χ0v) is 12.7. The van der Waals surface area contributed by atoms with Crippen LogP contribution >= 0.6 is 0 Å². The first-order valence-corrected chi connectivity index (χ1v) is 7.10. The molecule has 0 aromatic heterocycles. The fraction of sp³-hybridized carbons (Fsp3) is 0.500. The summed E-state index contributed by atoms with van der Waals surface area (Å²) in [6.07, 6.45) is -0.402. The summed E-state index contributed by atoms with van der Waals surface area (Å²) in [5.41, 5.74) is 0.479. The first kappa shape index (κ1) is 17.0. The van der Waals surface area contributed by atoms with E-state index in [1.165, 1.54) is 0 Å². The molecule has 3 atom stereocenters. The Kier molecular flexibility index (Phi) is 6.70. The van der Waals surface area contributed by atoms with Crippen molar-refractivity contribution in [2.24, 2.45) is 5.92 Å². The Morgan fingerprint density at radius 1 is 1.48 bits per heavy atom. The number of nitriles is 1. The van der Waals surface area contributed by atoms with E-state index in [1.807, 2.05) is 19.9 Å². The van der Waals surface area contributed by atoms with E-state index in [1.54, 1.807) is 31.2 Å². The molecule has 0 fully saturated rings. The number of hydrogen-bond donors (Lipinski definition) is 2. The maximum Gasteiger partial charge on any atom is 0.260 e. The molecule has 1 aromatic rings. The van der Waals surface area contributed by atoms with E-state index >= 15 is 0 Å². The van der Waals surface area contributed by atoms with Gasteiger partial charge in [0.25, 0.3) is 5.91 Å². The molecule has 0 bridgehead atoms. The van der Waals surface area contributed by atoms with Crippen LogP contribution in [0.4, 0.5) is 0 Å². The van der Waals surface area contributed by atoms with E-state index in [2.05, 4.69) is 5.32 Å². The van der Waals surface area contributed by atoms with Crippen molar-refractivity contribution in [3.8, 4) is 11.8 Å². The summed E-state index contributed by atoms with van der Waals surface area (Å²) in [6.45, 7) is 5.76. The van der Waals surface area contributed by atoms with Crippen molar-refractivity contribution in [3.05, 3.63) is 29.8 Å². The molecular formula is C16H22N2O3. The summed E-state index contributed by atoms with van der Waals surface area (Å²) in [6, 6.07) is 8.66. The predicted molar refractivity (Wildman–Crippen MR) is 79.7 cm³/mol. The third-order valence-corrected chi connectivity index (χ3v) is 3.43. The number of carbonyl (C=O) groups excluding carboxylic acids is 1. The number of hydrogen-bond acceptors (Lipinski definition) is 4. The van der Waals surface area contributed by atoms with Gasteiger partial charge in [-0.3, -0.25) is 4.79 Å². The summed E-state index contributed by atoms with van der Waals surface area (Å²) in [4.78, 5) is 11.9. The number of benzene rings is 1. The maximum absolute atomic E-state index is 11.9. The fourth-order valence-corrected chi connectivity index (χ4v) is 1.72. The lowest BCUT2D eigenvalue weighted by molar-refractivity contribution is -0.127. The van der Waals surface area contributed by atoms with Gasteiger partial charge in [0.05, 0.1) is 17.7 Å². The van der Waals surface area contributed by atoms with E-state index in [9.17, 15) is 9.90 Å². The SMILES string of the molecule is CCC(C)C(O)CNC(=O)C(C)Oc1cccc(C#N)c1. The summed E-state index contributed by atoms with van der Waals surface area (Å²) in [5.74, 6) is 0.313. The topological polar surface area (TPSA) is 82.3 Å². The Morgan fingerprint density at radius 2 is 2.19 bits per heavy atom. The Morgan fingerprint density at radius 3 is 2.81 bits per heavy atom. The number of carbonyl (C=O) groups is 1. The second-order valence-corrected chi connectivity index (χ2v) is 5.10. The molecule has 2 N–H and O–H groups in total. The molecule has 1 amide bonds. The number of aliphatic hydroxyl groups excluding tert-OH is 1. The number of nitrogens with zero attached hydrogens (tertiary/aromatic N) is 1. The molecule has 5 heteroatoms. The van der Waals surface area contributed by atoms with Crippen LogP contribution in [-0.4, -0.2) is 29.8 Å². The molecule has 1 rings (SSSR count). The van der Waals surface area contributed by atoms with Gasteiger partial charge in [0.15, 0.2) is 6.10 Å². The Labute approximate surface area is 125 Å². The molecule has 3 unspecified atom stereocenters. The lowest BCUT2D eigenvalue weighted by Crippen LogP contribution is -2.41. The van der Waals surface area contributed by atoms with Gasteiger partial charge < -0.3 is 15.2 Å². The lowest BCUT2D eigenvalue weighted by atomic mass is 10.0. The molecule has 0 aliphatic rings. The van der Waals surface area contributed by atoms with Gasteiger partial charge >= 0.3 is 0 Å². The largest absolute Gasteiger partial charge is 0.481 e. The van der Waals surface area contributed by atoms with Crippen LogP contribution < -0.4 is 10.1 Å². The highest BCUT2D eigenvalue weighted by Crippen LogP contribution is 2.14. The van der Waals surface area contributed by atoms with Gasteiger partial charge in [0, 0.05) is 6.54 Å². The predicted octanol–water partition coefficient (Wildman–Crippen LogP) is 1.85. The first-order chi connectivity index (χ1) is 9.97. The van der Waals surface area contributed by atoms with Crippen LogP contribution in [0, 0.1) is 17.2 Å². The van der Waals surface area contributed by atoms with E-state index in [0.717, 1.165) is 6.42 Å². The van der Waals surface area contributed by atoms with Gasteiger partial charge in [-0.15, -0.1) is 0 Å². The average Bonchev–Trinajstić information content (AvgIpc) is 2.51. The Bertz CT molecular complexity index is 510. The monoisotopic (exact) mass is 290 g/mol. The van der Waals surface area contributed by atoms with Crippen LogP contribution in [0.15, 0.2) is 24.3 Å². The summed E-state index contributed by atoms with van der Waals surface area (Å²) >= 11 is 0. The van der Waals surface area contributed by atoms with Crippen LogP contribution in [0.3, 0.4) is 0 Å². The Hall–Kier alpha value is -2.06. The van der Waals surface area contributed by atoms with Gasteiger partial charge in [-0.05, 0) is 31.0 Å². The molecule has 0 aliphatic carbocycles. The maximum atomic E-state index is 11.9. The van der Waals surface area contributed by atoms with Crippen LogP contribution in [0.25, 0.3) is 0 Å². The molecule has 114 valence electrons. The van der Waals surface area contributed by atoms with E-state index in [-0.39, 0.29) is 18.4 Å². The van der Waals surface area contributed by atoms with E-state index in [4.69, 9.17) is 10.00 Å². The van der Waals surface area contributed by atoms with Crippen LogP contribution in [0.2, 0.25) is 0 Å². The third kappa shape index (κ3) is 5.44. The van der Waals surface area contributed by atoms with Gasteiger partial charge in [0.1, 0.15) is 5.75 Å². The number of aliphatic hydroxyl groups is 1. The highest BCUT2D eigenvalue weighted by Gasteiger charge is 2.18. The minimum Gasteiger partial charge on any atom is -0.481 e. The molecule has 5 nitrogen and oxygen atoms in total. The van der Waals surface area contributed by atoms with Gasteiger partial charge in [-0.1, -0.05) is 26.3 Å². The van der Waals surface area contributed by atoms with Crippen LogP contribution in [0.5, 0.6) is 5.75 Å². The molecule has 0 saturated heterocycles. The van der Waals surface area contributed by atoms with Crippen molar-refractivity contribution >= 4 is 5.91 Å². The van der Waals surface area contributed by atoms with Gasteiger partial charge in [0.2, 0.25) is 0 Å². The zero-order chi connectivity index (χ0) is 15.8. The van der Waals surface area contributed by atoms with E-state index < -0.39 is 12.2 Å². The Balaban J connectivity index is 2.49. The third-order valence-electron chi connectivity index (χ3n) is 3.43. The summed E-state index contributed by atoms with van der Waals surface area (Å²) < 4.78 is 5.49. The van der Waals surface area contributed by atoms with Crippen LogP contribution in [0.1, 0.15) is 32.8 Å². The molecular weight excluding hydrogens is 268 g/mol. The van der Waals surface area contributed by atoms with E-state index in [0.29, 0.717) is 11.3 Å². The summed E-state index contributed by atoms with van der Waals surface area (Å²) in [5, 5.41) is 21.3. The van der Waals surface area contributed by atoms with Crippen molar-refractivity contribution in [1.29, 1.82) is 5.26 Å². The van der Waals surface area contributed by atoms with Crippen molar-refractivity contribution in [2.45, 2.75) is 39.4 Å². The summed E-state index contributed by atoms with van der Waals surface area (Å²) in [7, 11) is 0. The number of amides is 1. The average molecular weight is 290 g/mol. The van der Waals surface area contributed by atoms with Crippen LogP contribution in [-0.2, 0) is 4.79 Å². The molecule has 0 saturated carbocycles. The fourth-order valence-electron chi connectivity index (χ4n) is 1.72. The van der Waals surface area contributed by atoms with Crippen molar-refractivity contribution in [3.63, 3.8) is 0 Å². The second kappa shape index (κ2) is 8.28. The number of rotatable bonds is 7.